The zero-order chi connectivity index (χ0) is 14.9. The SMILES string of the molecule is O=C(Nc1ccc2c(c1)Cc1ccccc1-2)C1CNCCO1. The minimum Gasteiger partial charge on any atom is -0.366 e. The first kappa shape index (κ1) is 13.5. The van der Waals surface area contributed by atoms with Crippen LogP contribution in [0.1, 0.15) is 11.1 Å². The van der Waals surface area contributed by atoms with E-state index in [1.807, 2.05) is 6.07 Å². The highest BCUT2D eigenvalue weighted by Crippen LogP contribution is 2.37. The third kappa shape index (κ3) is 2.40. The van der Waals surface area contributed by atoms with Gasteiger partial charge in [0.1, 0.15) is 6.10 Å². The molecule has 1 unspecified atom stereocenters. The molecule has 112 valence electrons. The molecule has 4 nitrogen and oxygen atoms in total. The summed E-state index contributed by atoms with van der Waals surface area (Å²) in [5.41, 5.74) is 6.02. The van der Waals surface area contributed by atoms with Crippen molar-refractivity contribution in [2.24, 2.45) is 0 Å². The summed E-state index contributed by atoms with van der Waals surface area (Å²) in [6.45, 7) is 1.96. The van der Waals surface area contributed by atoms with Crippen LogP contribution in [0.2, 0.25) is 0 Å². The minimum atomic E-state index is -0.404. The second kappa shape index (κ2) is 5.55. The van der Waals surface area contributed by atoms with Crippen LogP contribution in [0.4, 0.5) is 5.69 Å². The second-order valence-corrected chi connectivity index (χ2v) is 5.76. The number of hydrogen-bond donors (Lipinski definition) is 2. The van der Waals surface area contributed by atoms with Crippen LogP contribution in [0, 0.1) is 0 Å². The Hall–Kier alpha value is -2.17. The fraction of sp³-hybridized carbons (Fsp3) is 0.278. The number of anilines is 1. The molecule has 1 amide bonds. The molecule has 1 saturated heterocycles. The molecule has 2 aromatic carbocycles. The van der Waals surface area contributed by atoms with Crippen molar-refractivity contribution in [3.8, 4) is 11.1 Å². The van der Waals surface area contributed by atoms with E-state index in [9.17, 15) is 4.79 Å². The monoisotopic (exact) mass is 294 g/mol. The lowest BCUT2D eigenvalue weighted by Gasteiger charge is -2.22. The number of fused-ring (bicyclic) bond motifs is 3. The van der Waals surface area contributed by atoms with Gasteiger partial charge in [0, 0.05) is 18.8 Å². The van der Waals surface area contributed by atoms with Crippen LogP contribution in [-0.4, -0.2) is 31.7 Å². The molecule has 2 N–H and O–H groups in total. The summed E-state index contributed by atoms with van der Waals surface area (Å²) in [4.78, 5) is 12.2. The van der Waals surface area contributed by atoms with E-state index >= 15 is 0 Å². The highest BCUT2D eigenvalue weighted by molar-refractivity contribution is 5.95. The number of benzene rings is 2. The first-order valence-corrected chi connectivity index (χ1v) is 7.66. The maximum Gasteiger partial charge on any atom is 0.254 e. The van der Waals surface area contributed by atoms with Gasteiger partial charge in [-0.3, -0.25) is 4.79 Å². The third-order valence-electron chi connectivity index (χ3n) is 4.28. The molecular weight excluding hydrogens is 276 g/mol. The molecule has 4 heteroatoms. The van der Waals surface area contributed by atoms with E-state index < -0.39 is 6.10 Å². The number of carbonyl (C=O) groups is 1. The largest absolute Gasteiger partial charge is 0.366 e. The summed E-state index contributed by atoms with van der Waals surface area (Å²) in [6, 6.07) is 14.6. The molecule has 1 fully saturated rings. The van der Waals surface area contributed by atoms with E-state index in [4.69, 9.17) is 4.74 Å². The van der Waals surface area contributed by atoms with Crippen molar-refractivity contribution in [2.45, 2.75) is 12.5 Å². The van der Waals surface area contributed by atoms with Gasteiger partial charge in [0.05, 0.1) is 6.61 Å². The summed E-state index contributed by atoms with van der Waals surface area (Å²) in [6.07, 6.45) is 0.524. The molecule has 4 rings (SSSR count). The summed E-state index contributed by atoms with van der Waals surface area (Å²) in [5.74, 6) is -0.0809. The van der Waals surface area contributed by atoms with Crippen LogP contribution in [0.25, 0.3) is 11.1 Å². The summed E-state index contributed by atoms with van der Waals surface area (Å²) in [5, 5.41) is 6.13. The van der Waals surface area contributed by atoms with Gasteiger partial charge in [0.25, 0.3) is 5.91 Å². The van der Waals surface area contributed by atoms with Crippen molar-refractivity contribution in [1.82, 2.24) is 5.32 Å². The lowest BCUT2D eigenvalue weighted by atomic mass is 10.1. The Morgan fingerprint density at radius 3 is 2.86 bits per heavy atom. The lowest BCUT2D eigenvalue weighted by Crippen LogP contribution is -2.45. The van der Waals surface area contributed by atoms with Crippen molar-refractivity contribution in [2.75, 3.05) is 25.0 Å². The first-order chi connectivity index (χ1) is 10.8. The Kier molecular flexibility index (Phi) is 3.41. The maximum atomic E-state index is 12.2. The zero-order valence-electron chi connectivity index (χ0n) is 12.3. The van der Waals surface area contributed by atoms with Crippen molar-refractivity contribution in [3.63, 3.8) is 0 Å². The quantitative estimate of drug-likeness (QED) is 0.762. The van der Waals surface area contributed by atoms with Crippen molar-refractivity contribution < 1.29 is 9.53 Å². The van der Waals surface area contributed by atoms with Gasteiger partial charge in [0.15, 0.2) is 0 Å². The van der Waals surface area contributed by atoms with E-state index in [0.717, 1.165) is 18.7 Å². The number of nitrogens with one attached hydrogen (secondary N) is 2. The van der Waals surface area contributed by atoms with Gasteiger partial charge in [-0.05, 0) is 40.8 Å². The maximum absolute atomic E-state index is 12.2. The van der Waals surface area contributed by atoms with Gasteiger partial charge in [-0.15, -0.1) is 0 Å². The number of ether oxygens (including phenoxy) is 1. The summed E-state index contributed by atoms with van der Waals surface area (Å²) < 4.78 is 5.48. The van der Waals surface area contributed by atoms with Crippen LogP contribution < -0.4 is 10.6 Å². The molecule has 0 aromatic heterocycles. The van der Waals surface area contributed by atoms with Crippen molar-refractivity contribution >= 4 is 11.6 Å². The average molecular weight is 294 g/mol. The highest BCUT2D eigenvalue weighted by Gasteiger charge is 2.23. The molecule has 0 saturated carbocycles. The molecule has 0 spiro atoms. The molecule has 22 heavy (non-hydrogen) atoms. The fourth-order valence-corrected chi connectivity index (χ4v) is 3.18. The van der Waals surface area contributed by atoms with Gasteiger partial charge in [0.2, 0.25) is 0 Å². The Morgan fingerprint density at radius 1 is 1.14 bits per heavy atom. The standard InChI is InChI=1S/C18H18N2O2/c21-18(17-11-19-7-8-22-17)20-14-5-6-16-13(10-14)9-12-3-1-2-4-15(12)16/h1-6,10,17,19H,7-9,11H2,(H,20,21). The predicted octanol–water partition coefficient (Wildman–Crippen LogP) is 2.18. The zero-order valence-corrected chi connectivity index (χ0v) is 12.3. The molecule has 1 aliphatic carbocycles. The molecule has 1 atom stereocenters. The molecule has 2 aromatic rings. The molecular formula is C18H18N2O2. The average Bonchev–Trinajstić information content (AvgIpc) is 2.93. The van der Waals surface area contributed by atoms with Crippen LogP contribution in [0.5, 0.6) is 0 Å². The Bertz CT molecular complexity index is 721. The Labute approximate surface area is 129 Å². The normalized spacial score (nSPS) is 19.4. The number of amides is 1. The number of hydrogen-bond acceptors (Lipinski definition) is 3. The van der Waals surface area contributed by atoms with E-state index in [2.05, 4.69) is 47.0 Å². The second-order valence-electron chi connectivity index (χ2n) is 5.76. The molecule has 0 radical (unpaired) electrons. The number of carbonyl (C=O) groups excluding carboxylic acids is 1. The van der Waals surface area contributed by atoms with E-state index in [0.29, 0.717) is 13.2 Å². The van der Waals surface area contributed by atoms with Gasteiger partial charge in [-0.1, -0.05) is 30.3 Å². The smallest absolute Gasteiger partial charge is 0.254 e. The molecule has 1 aliphatic heterocycles. The topological polar surface area (TPSA) is 50.4 Å². The third-order valence-corrected chi connectivity index (χ3v) is 4.28. The van der Waals surface area contributed by atoms with Crippen LogP contribution in [-0.2, 0) is 16.0 Å². The Morgan fingerprint density at radius 2 is 2.00 bits per heavy atom. The Balaban J connectivity index is 1.53. The molecule has 1 heterocycles. The molecule has 0 bridgehead atoms. The highest BCUT2D eigenvalue weighted by atomic mass is 16.5. The van der Waals surface area contributed by atoms with Crippen LogP contribution in [0.15, 0.2) is 42.5 Å². The number of morpholine rings is 1. The van der Waals surface area contributed by atoms with E-state index in [-0.39, 0.29) is 5.91 Å². The van der Waals surface area contributed by atoms with Crippen LogP contribution >= 0.6 is 0 Å². The predicted molar refractivity (Wildman–Crippen MR) is 85.9 cm³/mol. The minimum absolute atomic E-state index is 0.0809. The number of rotatable bonds is 2. The summed E-state index contributed by atoms with van der Waals surface area (Å²) in [7, 11) is 0. The van der Waals surface area contributed by atoms with Gasteiger partial charge >= 0.3 is 0 Å². The first-order valence-electron chi connectivity index (χ1n) is 7.66. The van der Waals surface area contributed by atoms with Gasteiger partial charge in [-0.2, -0.15) is 0 Å². The van der Waals surface area contributed by atoms with Gasteiger partial charge in [-0.25, -0.2) is 0 Å². The van der Waals surface area contributed by atoms with E-state index in [1.165, 1.54) is 22.3 Å². The lowest BCUT2D eigenvalue weighted by molar-refractivity contribution is -0.128. The van der Waals surface area contributed by atoms with Crippen LogP contribution in [0.3, 0.4) is 0 Å². The van der Waals surface area contributed by atoms with E-state index in [1.54, 1.807) is 0 Å². The summed E-state index contributed by atoms with van der Waals surface area (Å²) >= 11 is 0. The van der Waals surface area contributed by atoms with Gasteiger partial charge < -0.3 is 15.4 Å². The molecule has 2 aliphatic rings. The van der Waals surface area contributed by atoms with Crippen molar-refractivity contribution in [1.29, 1.82) is 0 Å². The van der Waals surface area contributed by atoms with Crippen molar-refractivity contribution in [3.05, 3.63) is 53.6 Å². The fourth-order valence-electron chi connectivity index (χ4n) is 3.18.